The Morgan fingerprint density at radius 1 is 1.20 bits per heavy atom. The minimum absolute atomic E-state index is 0. The first-order chi connectivity index (χ1) is 5.93. The smallest absolute Gasteiger partial charge is 0.258 e. The number of rotatable bonds is 2. The van der Waals surface area contributed by atoms with Crippen LogP contribution in [0, 0.1) is 10.1 Å². The zero-order chi connectivity index (χ0) is 10.1. The second-order valence-corrected chi connectivity index (χ2v) is 3.80. The molecule has 1 aromatic carbocycles. The molecule has 0 heterocycles. The van der Waals surface area contributed by atoms with E-state index in [4.69, 9.17) is 5.14 Å². The van der Waals surface area contributed by atoms with Crippen molar-refractivity contribution >= 4 is 40.5 Å². The molecule has 1 rings (SSSR count). The standard InChI is InChI=1S/C6H6N2O4S.2ClH/c7-13(11,12)6-4-2-1-3-5(6)8(9)10;;/h1-4H,(H2,7,11,12);2*1H. The summed E-state index contributed by atoms with van der Waals surface area (Å²) >= 11 is 0. The van der Waals surface area contributed by atoms with Gasteiger partial charge in [-0.25, -0.2) is 13.6 Å². The highest BCUT2D eigenvalue weighted by atomic mass is 35.5. The highest BCUT2D eigenvalue weighted by Crippen LogP contribution is 2.20. The fourth-order valence-corrected chi connectivity index (χ4v) is 1.55. The molecule has 0 aliphatic rings. The van der Waals surface area contributed by atoms with Crippen LogP contribution in [0.25, 0.3) is 0 Å². The van der Waals surface area contributed by atoms with Crippen LogP contribution in [-0.2, 0) is 10.0 Å². The molecule has 9 heteroatoms. The SMILES string of the molecule is Cl.Cl.NS(=O)(=O)c1ccccc1[N+](=O)[O-]. The number of primary sulfonamides is 1. The molecule has 0 bridgehead atoms. The van der Waals surface area contributed by atoms with E-state index in [2.05, 4.69) is 0 Å². The number of para-hydroxylation sites is 1. The monoisotopic (exact) mass is 274 g/mol. The van der Waals surface area contributed by atoms with Gasteiger partial charge in [0.15, 0.2) is 4.90 Å². The Hall–Kier alpha value is -0.890. The lowest BCUT2D eigenvalue weighted by molar-refractivity contribution is -0.387. The minimum atomic E-state index is -4.02. The number of sulfonamides is 1. The quantitative estimate of drug-likeness (QED) is 0.644. The predicted octanol–water partition coefficient (Wildman–Crippen LogP) is 1.09. The Morgan fingerprint density at radius 2 is 1.67 bits per heavy atom. The number of hydrogen-bond donors (Lipinski definition) is 1. The maximum absolute atomic E-state index is 10.8. The highest BCUT2D eigenvalue weighted by molar-refractivity contribution is 7.89. The van der Waals surface area contributed by atoms with Gasteiger partial charge in [-0.15, -0.1) is 24.8 Å². The van der Waals surface area contributed by atoms with Gasteiger partial charge >= 0.3 is 0 Å². The van der Waals surface area contributed by atoms with Gasteiger partial charge in [-0.05, 0) is 6.07 Å². The zero-order valence-electron chi connectivity index (χ0n) is 7.19. The van der Waals surface area contributed by atoms with E-state index in [1.807, 2.05) is 0 Å². The first-order valence-electron chi connectivity index (χ1n) is 3.19. The van der Waals surface area contributed by atoms with Crippen LogP contribution in [0.1, 0.15) is 0 Å². The first kappa shape index (κ1) is 16.5. The molecule has 2 N–H and O–H groups in total. The van der Waals surface area contributed by atoms with Crippen LogP contribution in [0.15, 0.2) is 29.2 Å². The average Bonchev–Trinajstić information content (AvgIpc) is 2.03. The summed E-state index contributed by atoms with van der Waals surface area (Å²) in [5.41, 5.74) is -0.509. The van der Waals surface area contributed by atoms with Crippen molar-refractivity contribution in [1.29, 1.82) is 0 Å². The minimum Gasteiger partial charge on any atom is -0.258 e. The molecule has 0 aliphatic heterocycles. The molecule has 6 nitrogen and oxygen atoms in total. The third-order valence-electron chi connectivity index (χ3n) is 1.37. The Labute approximate surface area is 98.5 Å². The Bertz CT molecular complexity index is 448. The van der Waals surface area contributed by atoms with Gasteiger partial charge in [-0.3, -0.25) is 10.1 Å². The van der Waals surface area contributed by atoms with Crippen molar-refractivity contribution in [3.63, 3.8) is 0 Å². The van der Waals surface area contributed by atoms with Gasteiger partial charge in [0.05, 0.1) is 4.92 Å². The number of hydrogen-bond acceptors (Lipinski definition) is 4. The number of halogens is 2. The van der Waals surface area contributed by atoms with E-state index < -0.39 is 25.5 Å². The van der Waals surface area contributed by atoms with Gasteiger partial charge in [0.1, 0.15) is 0 Å². The van der Waals surface area contributed by atoms with Crippen molar-refractivity contribution < 1.29 is 13.3 Å². The Kier molecular flexibility index (Phi) is 6.46. The maximum Gasteiger partial charge on any atom is 0.289 e. The van der Waals surface area contributed by atoms with Crippen LogP contribution in [0.3, 0.4) is 0 Å². The third kappa shape index (κ3) is 4.00. The van der Waals surface area contributed by atoms with Crippen LogP contribution >= 0.6 is 24.8 Å². The third-order valence-corrected chi connectivity index (χ3v) is 2.33. The lowest BCUT2D eigenvalue weighted by Crippen LogP contribution is -2.13. The fourth-order valence-electron chi connectivity index (χ4n) is 0.849. The second-order valence-electron chi connectivity index (χ2n) is 2.27. The van der Waals surface area contributed by atoms with E-state index in [-0.39, 0.29) is 24.8 Å². The van der Waals surface area contributed by atoms with E-state index >= 15 is 0 Å². The van der Waals surface area contributed by atoms with Gasteiger partial charge < -0.3 is 0 Å². The maximum atomic E-state index is 10.8. The molecule has 15 heavy (non-hydrogen) atoms. The molecule has 0 saturated carbocycles. The Balaban J connectivity index is 0. The van der Waals surface area contributed by atoms with E-state index in [9.17, 15) is 18.5 Å². The summed E-state index contributed by atoms with van der Waals surface area (Å²) in [7, 11) is -4.02. The van der Waals surface area contributed by atoms with E-state index in [0.29, 0.717) is 0 Å². The number of nitrogens with two attached hydrogens (primary N) is 1. The van der Waals surface area contributed by atoms with Crippen molar-refractivity contribution in [1.82, 2.24) is 0 Å². The summed E-state index contributed by atoms with van der Waals surface area (Å²) in [6.45, 7) is 0. The largest absolute Gasteiger partial charge is 0.289 e. The lowest BCUT2D eigenvalue weighted by Gasteiger charge is -1.98. The Morgan fingerprint density at radius 3 is 2.00 bits per heavy atom. The first-order valence-corrected chi connectivity index (χ1v) is 4.74. The van der Waals surface area contributed by atoms with Gasteiger partial charge in [0.25, 0.3) is 5.69 Å². The molecular weight excluding hydrogens is 267 g/mol. The van der Waals surface area contributed by atoms with Gasteiger partial charge in [-0.2, -0.15) is 0 Å². The summed E-state index contributed by atoms with van der Waals surface area (Å²) < 4.78 is 21.7. The summed E-state index contributed by atoms with van der Waals surface area (Å²) in [5, 5.41) is 15.1. The average molecular weight is 275 g/mol. The summed E-state index contributed by atoms with van der Waals surface area (Å²) in [6.07, 6.45) is 0. The molecule has 0 unspecified atom stereocenters. The van der Waals surface area contributed by atoms with Crippen LogP contribution in [-0.4, -0.2) is 13.3 Å². The molecule has 0 atom stereocenters. The molecule has 0 radical (unpaired) electrons. The molecule has 0 amide bonds. The molecule has 1 aromatic rings. The number of nitrogens with zero attached hydrogens (tertiary/aromatic N) is 1. The second kappa shape index (κ2) is 5.86. The van der Waals surface area contributed by atoms with Crippen LogP contribution < -0.4 is 5.14 Å². The topological polar surface area (TPSA) is 103 Å². The number of nitro groups is 1. The van der Waals surface area contributed by atoms with Gasteiger partial charge in [0.2, 0.25) is 10.0 Å². The predicted molar refractivity (Wildman–Crippen MR) is 59.0 cm³/mol. The molecular formula is C6H8Cl2N2O4S. The van der Waals surface area contributed by atoms with Crippen molar-refractivity contribution in [3.8, 4) is 0 Å². The van der Waals surface area contributed by atoms with Gasteiger partial charge in [-0.1, -0.05) is 12.1 Å². The fraction of sp³-hybridized carbons (Fsp3) is 0. The lowest BCUT2D eigenvalue weighted by atomic mass is 10.3. The van der Waals surface area contributed by atoms with Crippen LogP contribution in [0.4, 0.5) is 5.69 Å². The normalized spacial score (nSPS) is 9.67. The van der Waals surface area contributed by atoms with Crippen molar-refractivity contribution in [2.75, 3.05) is 0 Å². The van der Waals surface area contributed by atoms with Crippen molar-refractivity contribution in [2.24, 2.45) is 5.14 Å². The van der Waals surface area contributed by atoms with E-state index in [1.54, 1.807) is 0 Å². The van der Waals surface area contributed by atoms with Crippen molar-refractivity contribution in [2.45, 2.75) is 4.90 Å². The molecule has 0 aromatic heterocycles. The van der Waals surface area contributed by atoms with E-state index in [0.717, 1.165) is 12.1 Å². The molecule has 0 aliphatic carbocycles. The van der Waals surface area contributed by atoms with E-state index in [1.165, 1.54) is 12.1 Å². The molecule has 0 saturated heterocycles. The summed E-state index contributed by atoms with van der Waals surface area (Å²) in [6, 6.07) is 4.91. The highest BCUT2D eigenvalue weighted by Gasteiger charge is 2.20. The summed E-state index contributed by atoms with van der Waals surface area (Å²) in [4.78, 5) is 9.09. The number of benzene rings is 1. The molecule has 0 spiro atoms. The zero-order valence-corrected chi connectivity index (χ0v) is 9.64. The number of nitro benzene ring substituents is 1. The molecule has 0 fully saturated rings. The van der Waals surface area contributed by atoms with Crippen LogP contribution in [0.2, 0.25) is 0 Å². The van der Waals surface area contributed by atoms with Gasteiger partial charge in [0, 0.05) is 6.07 Å². The van der Waals surface area contributed by atoms with Crippen LogP contribution in [0.5, 0.6) is 0 Å². The summed E-state index contributed by atoms with van der Waals surface area (Å²) in [5.74, 6) is 0. The van der Waals surface area contributed by atoms with Crippen molar-refractivity contribution in [3.05, 3.63) is 34.4 Å². The molecule has 86 valence electrons.